The minimum Gasteiger partial charge on any atom is -0.309 e. The Morgan fingerprint density at radius 2 is 0.868 bits per heavy atom. The van der Waals surface area contributed by atoms with Gasteiger partial charge in [-0.15, -0.1) is 0 Å². The van der Waals surface area contributed by atoms with E-state index in [1.54, 1.807) is 0 Å². The van der Waals surface area contributed by atoms with Gasteiger partial charge in [0.25, 0.3) is 0 Å². The molecule has 0 unspecified atom stereocenters. The highest BCUT2D eigenvalue weighted by Gasteiger charge is 2.18. The Morgan fingerprint density at radius 1 is 0.302 bits per heavy atom. The molecule has 2 heteroatoms. The van der Waals surface area contributed by atoms with Gasteiger partial charge < -0.3 is 4.57 Å². The number of hydrogen-bond donors (Lipinski definition) is 0. The van der Waals surface area contributed by atoms with Crippen LogP contribution in [0.25, 0.3) is 104 Å². The lowest BCUT2D eigenvalue weighted by molar-refractivity contribution is 1.18. The van der Waals surface area contributed by atoms with Crippen LogP contribution in [0.3, 0.4) is 0 Å². The van der Waals surface area contributed by atoms with E-state index in [9.17, 15) is 0 Å². The van der Waals surface area contributed by atoms with Crippen molar-refractivity contribution < 1.29 is 0 Å². The molecule has 0 aliphatic rings. The quantitative estimate of drug-likeness (QED) is 0.170. The predicted molar refractivity (Wildman–Crippen MR) is 225 cm³/mol. The molecule has 2 heterocycles. The van der Waals surface area contributed by atoms with Crippen LogP contribution < -0.4 is 0 Å². The summed E-state index contributed by atoms with van der Waals surface area (Å²) in [7, 11) is 0. The first kappa shape index (κ1) is 29.7. The number of aromatic nitrogens is 2. The summed E-state index contributed by atoms with van der Waals surface area (Å²) in [6, 6.07) is 70.5. The Balaban J connectivity index is 1.11. The topological polar surface area (TPSA) is 17.8 Å². The van der Waals surface area contributed by atoms with Crippen molar-refractivity contribution in [3.8, 4) is 39.2 Å². The Kier molecular flexibility index (Phi) is 6.59. The molecule has 0 saturated heterocycles. The molecule has 53 heavy (non-hydrogen) atoms. The number of fused-ring (bicyclic) bond motifs is 8. The number of nitrogens with zero attached hydrogens (tertiary/aromatic N) is 2. The third-order valence-electron chi connectivity index (χ3n) is 10.9. The lowest BCUT2D eigenvalue weighted by atomic mass is 9.94. The monoisotopic (exact) mass is 672 g/mol. The Morgan fingerprint density at radius 3 is 1.60 bits per heavy atom. The van der Waals surface area contributed by atoms with Crippen LogP contribution in [0.15, 0.2) is 194 Å². The van der Waals surface area contributed by atoms with Crippen molar-refractivity contribution in [1.29, 1.82) is 0 Å². The second-order valence-corrected chi connectivity index (χ2v) is 14.0. The second-order valence-electron chi connectivity index (χ2n) is 14.0. The molecule has 0 N–H and O–H groups in total. The molecule has 2 nitrogen and oxygen atoms in total. The van der Waals surface area contributed by atoms with E-state index < -0.39 is 0 Å². The first-order chi connectivity index (χ1) is 26.2. The van der Waals surface area contributed by atoms with Crippen molar-refractivity contribution in [1.82, 2.24) is 9.55 Å². The van der Waals surface area contributed by atoms with E-state index >= 15 is 0 Å². The molecule has 11 aromatic rings. The molecule has 0 aliphatic heterocycles. The molecule has 0 amide bonds. The van der Waals surface area contributed by atoms with E-state index in [0.29, 0.717) is 0 Å². The first-order valence-electron chi connectivity index (χ1n) is 18.2. The zero-order valence-electron chi connectivity index (χ0n) is 28.9. The van der Waals surface area contributed by atoms with Crippen LogP contribution >= 0.6 is 0 Å². The van der Waals surface area contributed by atoms with Crippen LogP contribution in [-0.4, -0.2) is 9.55 Å². The third-order valence-corrected chi connectivity index (χ3v) is 10.9. The lowest BCUT2D eigenvalue weighted by Gasteiger charge is -2.14. The first-order valence-corrected chi connectivity index (χ1v) is 18.2. The van der Waals surface area contributed by atoms with Crippen molar-refractivity contribution in [3.63, 3.8) is 0 Å². The fourth-order valence-corrected chi connectivity index (χ4v) is 8.29. The van der Waals surface area contributed by atoms with E-state index in [2.05, 4.69) is 199 Å². The number of pyridine rings is 1. The SMILES string of the molecule is c1ccc(-c2nc3ccc(-c4ccc5cc(-c6ccc7ccccc7c6)ccc5c4)cc3c3cc4c(cc23)c2ccccc2n4-c2ccccc2)cc1. The van der Waals surface area contributed by atoms with Crippen LogP contribution in [0.5, 0.6) is 0 Å². The molecule has 11 rings (SSSR count). The molecule has 0 bridgehead atoms. The van der Waals surface area contributed by atoms with Gasteiger partial charge in [0.05, 0.1) is 22.2 Å². The number of rotatable bonds is 4. The van der Waals surface area contributed by atoms with Crippen molar-refractivity contribution in [2.75, 3.05) is 0 Å². The maximum Gasteiger partial charge on any atom is 0.0788 e. The molecule has 0 saturated carbocycles. The van der Waals surface area contributed by atoms with Crippen LogP contribution in [0.4, 0.5) is 0 Å². The fourth-order valence-electron chi connectivity index (χ4n) is 8.29. The minimum atomic E-state index is 0.989. The van der Waals surface area contributed by atoms with Crippen LogP contribution in [0.1, 0.15) is 0 Å². The lowest BCUT2D eigenvalue weighted by Crippen LogP contribution is -1.94. The summed E-state index contributed by atoms with van der Waals surface area (Å²) in [6.07, 6.45) is 0. The maximum absolute atomic E-state index is 5.36. The highest BCUT2D eigenvalue weighted by Crippen LogP contribution is 2.41. The van der Waals surface area contributed by atoms with E-state index in [4.69, 9.17) is 4.98 Å². The van der Waals surface area contributed by atoms with E-state index in [0.717, 1.165) is 33.2 Å². The summed E-state index contributed by atoms with van der Waals surface area (Å²) in [5, 5.41) is 10.9. The molecule has 0 spiro atoms. The molecule has 0 aliphatic carbocycles. The average molecular weight is 673 g/mol. The molecule has 0 radical (unpaired) electrons. The maximum atomic E-state index is 5.36. The average Bonchev–Trinajstić information content (AvgIpc) is 3.56. The smallest absolute Gasteiger partial charge is 0.0788 e. The molecular weight excluding hydrogens is 641 g/mol. The van der Waals surface area contributed by atoms with Gasteiger partial charge in [-0.1, -0.05) is 133 Å². The van der Waals surface area contributed by atoms with Gasteiger partial charge in [0.2, 0.25) is 0 Å². The fraction of sp³-hybridized carbons (Fsp3) is 0. The standard InChI is InChI=1S/C51H32N2/c1-3-12-34(13-4-1)51-47-31-46-43-17-9-10-18-49(43)53(42-15-5-2-6-16-42)50(46)32-44(47)45-30-41(25-26-48(45)52-51)40-24-23-38-28-37(21-22-39(38)29-40)36-20-19-33-11-7-8-14-35(33)27-36/h1-32H. The molecule has 246 valence electrons. The van der Waals surface area contributed by atoms with Crippen molar-refractivity contribution in [3.05, 3.63) is 194 Å². The Bertz CT molecular complexity index is 3210. The summed E-state index contributed by atoms with van der Waals surface area (Å²) in [6.45, 7) is 0. The van der Waals surface area contributed by atoms with Crippen LogP contribution in [-0.2, 0) is 0 Å². The van der Waals surface area contributed by atoms with Crippen molar-refractivity contribution in [2.45, 2.75) is 0 Å². The summed E-state index contributed by atoms with van der Waals surface area (Å²) < 4.78 is 2.40. The molecule has 9 aromatic carbocycles. The van der Waals surface area contributed by atoms with Gasteiger partial charge in [-0.25, -0.2) is 4.98 Å². The zero-order valence-corrected chi connectivity index (χ0v) is 28.9. The van der Waals surface area contributed by atoms with Gasteiger partial charge in [0.15, 0.2) is 0 Å². The summed E-state index contributed by atoms with van der Waals surface area (Å²) in [5.41, 5.74) is 11.5. The molecule has 0 atom stereocenters. The van der Waals surface area contributed by atoms with Gasteiger partial charge in [-0.05, 0) is 110 Å². The Hall–Kier alpha value is -7.03. The Labute approximate surface area is 306 Å². The van der Waals surface area contributed by atoms with E-state index in [1.165, 1.54) is 71.0 Å². The van der Waals surface area contributed by atoms with E-state index in [-0.39, 0.29) is 0 Å². The minimum absolute atomic E-state index is 0.989. The molecule has 2 aromatic heterocycles. The van der Waals surface area contributed by atoms with Crippen LogP contribution in [0, 0.1) is 0 Å². The number of hydrogen-bond acceptors (Lipinski definition) is 1. The van der Waals surface area contributed by atoms with Gasteiger partial charge in [-0.2, -0.15) is 0 Å². The number of benzene rings is 9. The third kappa shape index (κ3) is 4.84. The molecular formula is C51H32N2. The van der Waals surface area contributed by atoms with Gasteiger partial charge in [-0.3, -0.25) is 0 Å². The van der Waals surface area contributed by atoms with Crippen molar-refractivity contribution >= 4 is 65.0 Å². The summed E-state index contributed by atoms with van der Waals surface area (Å²) in [4.78, 5) is 5.36. The van der Waals surface area contributed by atoms with Crippen LogP contribution in [0.2, 0.25) is 0 Å². The zero-order chi connectivity index (χ0) is 34.9. The van der Waals surface area contributed by atoms with Gasteiger partial charge in [0.1, 0.15) is 0 Å². The number of para-hydroxylation sites is 2. The summed E-state index contributed by atoms with van der Waals surface area (Å²) in [5.74, 6) is 0. The largest absolute Gasteiger partial charge is 0.309 e. The predicted octanol–water partition coefficient (Wildman–Crippen LogP) is 13.8. The normalized spacial score (nSPS) is 11.8. The summed E-state index contributed by atoms with van der Waals surface area (Å²) >= 11 is 0. The van der Waals surface area contributed by atoms with Gasteiger partial charge >= 0.3 is 0 Å². The highest BCUT2D eigenvalue weighted by molar-refractivity contribution is 6.20. The highest BCUT2D eigenvalue weighted by atomic mass is 15.0. The van der Waals surface area contributed by atoms with E-state index in [1.807, 2.05) is 0 Å². The second kappa shape index (κ2) is 11.8. The molecule has 0 fully saturated rings. The van der Waals surface area contributed by atoms with Gasteiger partial charge in [0, 0.05) is 32.8 Å². The van der Waals surface area contributed by atoms with Crippen molar-refractivity contribution in [2.24, 2.45) is 0 Å².